The van der Waals surface area contributed by atoms with Gasteiger partial charge in [0.25, 0.3) is 0 Å². The number of aliphatic hydroxyl groups is 1. The van der Waals surface area contributed by atoms with E-state index in [0.29, 0.717) is 10.8 Å². The second kappa shape index (κ2) is 8.02. The maximum Gasteiger partial charge on any atom is 0.148 e. The number of aromatic nitrogens is 2. The van der Waals surface area contributed by atoms with Crippen LogP contribution in [0.15, 0.2) is 36.7 Å². The normalized spacial score (nSPS) is 15.2. The molecule has 21 heavy (non-hydrogen) atoms. The third kappa shape index (κ3) is 5.38. The van der Waals surface area contributed by atoms with Crippen molar-refractivity contribution in [1.29, 1.82) is 0 Å². The number of piperidine rings is 1. The fraction of sp³-hybridized carbons (Fsp3) is 0.333. The highest BCUT2D eigenvalue weighted by molar-refractivity contribution is 6.29. The number of rotatable bonds is 1. The zero-order valence-electron chi connectivity index (χ0n) is 11.5. The highest BCUT2D eigenvalue weighted by Crippen LogP contribution is 2.17. The van der Waals surface area contributed by atoms with E-state index in [1.807, 2.05) is 0 Å². The Kier molecular flexibility index (Phi) is 6.04. The maximum atomic E-state index is 12.6. The number of hydrogen-bond acceptors (Lipinski definition) is 4. The van der Waals surface area contributed by atoms with E-state index in [4.69, 9.17) is 16.7 Å². The smallest absolute Gasteiger partial charge is 0.148 e. The number of nitrogens with zero attached hydrogens (tertiary/aromatic N) is 2. The van der Waals surface area contributed by atoms with Crippen molar-refractivity contribution in [3.05, 3.63) is 47.6 Å². The molecule has 0 atom stereocenters. The third-order valence-electron chi connectivity index (χ3n) is 3.05. The quantitative estimate of drug-likeness (QED) is 0.850. The van der Waals surface area contributed by atoms with Gasteiger partial charge in [0, 0.05) is 5.56 Å². The average Bonchev–Trinajstić information content (AvgIpc) is 2.49. The highest BCUT2D eigenvalue weighted by Gasteiger charge is 2.06. The standard InChI is InChI=1S/C10H6ClFN2.C5H11NO/c11-10-6-13-5-9(14-10)7-1-3-8(12)4-2-7;7-5-1-3-6-4-2-5/h1-6H;5-7H,1-4H2. The molecule has 6 heteroatoms. The van der Waals surface area contributed by atoms with Crippen molar-refractivity contribution in [2.24, 2.45) is 0 Å². The molecule has 2 N–H and O–H groups in total. The minimum Gasteiger partial charge on any atom is -0.393 e. The molecule has 1 aliphatic heterocycles. The predicted octanol–water partition coefficient (Wildman–Crippen LogP) is 2.67. The Morgan fingerprint density at radius 1 is 1.14 bits per heavy atom. The first-order valence-electron chi connectivity index (χ1n) is 6.77. The molecule has 0 aliphatic carbocycles. The van der Waals surface area contributed by atoms with Gasteiger partial charge in [0.1, 0.15) is 11.0 Å². The summed E-state index contributed by atoms with van der Waals surface area (Å²) in [4.78, 5) is 7.95. The Morgan fingerprint density at radius 3 is 2.33 bits per heavy atom. The molecule has 0 amide bonds. The number of hydrogen-bond donors (Lipinski definition) is 2. The molecule has 3 rings (SSSR count). The zero-order chi connectivity index (χ0) is 15.1. The molecule has 2 aromatic rings. The molecule has 4 nitrogen and oxygen atoms in total. The molecule has 1 aliphatic rings. The summed E-state index contributed by atoms with van der Waals surface area (Å²) < 4.78 is 12.6. The Hall–Kier alpha value is -1.56. The van der Waals surface area contributed by atoms with Crippen LogP contribution in [0.25, 0.3) is 11.3 Å². The van der Waals surface area contributed by atoms with E-state index >= 15 is 0 Å². The van der Waals surface area contributed by atoms with Gasteiger partial charge in [-0.15, -0.1) is 0 Å². The summed E-state index contributed by atoms with van der Waals surface area (Å²) in [7, 11) is 0. The molecule has 1 saturated heterocycles. The monoisotopic (exact) mass is 309 g/mol. The molecule has 0 unspecified atom stereocenters. The van der Waals surface area contributed by atoms with Gasteiger partial charge in [-0.3, -0.25) is 4.98 Å². The molecular weight excluding hydrogens is 293 g/mol. The van der Waals surface area contributed by atoms with Gasteiger partial charge in [0.2, 0.25) is 0 Å². The predicted molar refractivity (Wildman–Crippen MR) is 80.5 cm³/mol. The topological polar surface area (TPSA) is 58.0 Å². The first kappa shape index (κ1) is 15.8. The average molecular weight is 310 g/mol. The van der Waals surface area contributed by atoms with Crippen molar-refractivity contribution >= 4 is 11.6 Å². The van der Waals surface area contributed by atoms with Crippen LogP contribution in [-0.2, 0) is 0 Å². The molecule has 2 heterocycles. The molecular formula is C15H17ClFN3O. The second-order valence-electron chi connectivity index (χ2n) is 4.72. The molecule has 0 spiro atoms. The minimum atomic E-state index is -0.274. The van der Waals surface area contributed by atoms with Gasteiger partial charge >= 0.3 is 0 Å². The van der Waals surface area contributed by atoms with Crippen molar-refractivity contribution in [2.45, 2.75) is 18.9 Å². The van der Waals surface area contributed by atoms with E-state index in [-0.39, 0.29) is 11.9 Å². The molecule has 0 saturated carbocycles. The molecule has 1 aromatic heterocycles. The van der Waals surface area contributed by atoms with Crippen LogP contribution < -0.4 is 5.32 Å². The van der Waals surface area contributed by atoms with Crippen LogP contribution in [0.5, 0.6) is 0 Å². The van der Waals surface area contributed by atoms with Gasteiger partial charge in [0.15, 0.2) is 0 Å². The lowest BCUT2D eigenvalue weighted by molar-refractivity contribution is 0.137. The second-order valence-corrected chi connectivity index (χ2v) is 5.10. The fourth-order valence-corrected chi connectivity index (χ4v) is 2.06. The first-order valence-corrected chi connectivity index (χ1v) is 7.15. The largest absolute Gasteiger partial charge is 0.393 e. The molecule has 0 bridgehead atoms. The van der Waals surface area contributed by atoms with Crippen LogP contribution in [0.3, 0.4) is 0 Å². The number of nitrogens with one attached hydrogen (secondary N) is 1. The maximum absolute atomic E-state index is 12.6. The van der Waals surface area contributed by atoms with Crippen LogP contribution in [0.2, 0.25) is 5.15 Å². The zero-order valence-corrected chi connectivity index (χ0v) is 12.2. The number of aliphatic hydroxyl groups excluding tert-OH is 1. The Bertz CT molecular complexity index is 559. The van der Waals surface area contributed by atoms with Gasteiger partial charge in [-0.05, 0) is 50.2 Å². The van der Waals surface area contributed by atoms with Crippen LogP contribution >= 0.6 is 11.6 Å². The van der Waals surface area contributed by atoms with Gasteiger partial charge in [-0.25, -0.2) is 9.37 Å². The summed E-state index contributed by atoms with van der Waals surface area (Å²) >= 11 is 5.68. The van der Waals surface area contributed by atoms with Crippen LogP contribution in [0.4, 0.5) is 4.39 Å². The van der Waals surface area contributed by atoms with Crippen molar-refractivity contribution in [3.63, 3.8) is 0 Å². The summed E-state index contributed by atoms with van der Waals surface area (Å²) in [5.41, 5.74) is 1.43. The summed E-state index contributed by atoms with van der Waals surface area (Å²) in [6.07, 6.45) is 4.87. The van der Waals surface area contributed by atoms with E-state index < -0.39 is 0 Å². The molecule has 0 radical (unpaired) electrons. The van der Waals surface area contributed by atoms with E-state index in [0.717, 1.165) is 31.5 Å². The Labute approximate surface area is 128 Å². The van der Waals surface area contributed by atoms with Crippen molar-refractivity contribution < 1.29 is 9.50 Å². The van der Waals surface area contributed by atoms with E-state index in [2.05, 4.69) is 15.3 Å². The lowest BCUT2D eigenvalue weighted by Crippen LogP contribution is -2.30. The van der Waals surface area contributed by atoms with Crippen molar-refractivity contribution in [3.8, 4) is 11.3 Å². The lowest BCUT2D eigenvalue weighted by atomic mass is 10.1. The van der Waals surface area contributed by atoms with E-state index in [9.17, 15) is 4.39 Å². The fourth-order valence-electron chi connectivity index (χ4n) is 1.91. The molecule has 112 valence electrons. The number of halogens is 2. The highest BCUT2D eigenvalue weighted by atomic mass is 35.5. The van der Waals surface area contributed by atoms with Crippen LogP contribution in [0.1, 0.15) is 12.8 Å². The third-order valence-corrected chi connectivity index (χ3v) is 3.24. The molecule has 1 fully saturated rings. The molecule has 1 aromatic carbocycles. The summed E-state index contributed by atoms with van der Waals surface area (Å²) in [6, 6.07) is 6.02. The van der Waals surface area contributed by atoms with E-state index in [1.54, 1.807) is 18.3 Å². The number of benzene rings is 1. The lowest BCUT2D eigenvalue weighted by Gasteiger charge is -2.16. The van der Waals surface area contributed by atoms with Crippen LogP contribution in [-0.4, -0.2) is 34.3 Å². The Balaban J connectivity index is 0.000000194. The van der Waals surface area contributed by atoms with Crippen LogP contribution in [0, 0.1) is 5.82 Å². The Morgan fingerprint density at radius 2 is 1.81 bits per heavy atom. The summed E-state index contributed by atoms with van der Waals surface area (Å²) in [5, 5.41) is 12.4. The minimum absolute atomic E-state index is 0.0266. The van der Waals surface area contributed by atoms with E-state index in [1.165, 1.54) is 18.3 Å². The van der Waals surface area contributed by atoms with Crippen molar-refractivity contribution in [2.75, 3.05) is 13.1 Å². The SMILES string of the molecule is Fc1ccc(-c2cncc(Cl)n2)cc1.OC1CCNCC1. The first-order chi connectivity index (χ1) is 10.1. The summed E-state index contributed by atoms with van der Waals surface area (Å²) in [6.45, 7) is 1.97. The summed E-state index contributed by atoms with van der Waals surface area (Å²) in [5.74, 6) is -0.274. The van der Waals surface area contributed by atoms with Gasteiger partial charge in [-0.1, -0.05) is 11.6 Å². The van der Waals surface area contributed by atoms with Gasteiger partial charge < -0.3 is 10.4 Å². The van der Waals surface area contributed by atoms with Crippen molar-refractivity contribution in [1.82, 2.24) is 15.3 Å². The van der Waals surface area contributed by atoms with Gasteiger partial charge in [0.05, 0.1) is 24.2 Å². The van der Waals surface area contributed by atoms with Gasteiger partial charge in [-0.2, -0.15) is 0 Å².